The molecule has 1 atom stereocenters. The SMILES string of the molecule is CCCC(C)Oc1ccc(C)cc1C=O. The first-order valence-electron chi connectivity index (χ1n) is 5.39. The second-order valence-electron chi connectivity index (χ2n) is 3.88. The quantitative estimate of drug-likeness (QED) is 0.690. The normalized spacial score (nSPS) is 12.2. The lowest BCUT2D eigenvalue weighted by Crippen LogP contribution is -2.12. The molecule has 0 bridgehead atoms. The molecule has 0 heterocycles. The second kappa shape index (κ2) is 5.54. The van der Waals surface area contributed by atoms with Crippen molar-refractivity contribution in [3.63, 3.8) is 0 Å². The van der Waals surface area contributed by atoms with E-state index in [0.717, 1.165) is 24.7 Å². The zero-order valence-corrected chi connectivity index (χ0v) is 9.62. The molecule has 1 aromatic carbocycles. The Balaban J connectivity index is 2.80. The standard InChI is InChI=1S/C13H18O2/c1-4-5-11(3)15-13-7-6-10(2)8-12(13)9-14/h6-9,11H,4-5H2,1-3H3. The van der Waals surface area contributed by atoms with Crippen LogP contribution < -0.4 is 4.74 Å². The van der Waals surface area contributed by atoms with Gasteiger partial charge in [-0.2, -0.15) is 0 Å². The number of hydrogen-bond acceptors (Lipinski definition) is 2. The number of aldehydes is 1. The summed E-state index contributed by atoms with van der Waals surface area (Å²) in [5.74, 6) is 0.691. The molecular weight excluding hydrogens is 188 g/mol. The average molecular weight is 206 g/mol. The summed E-state index contributed by atoms with van der Waals surface area (Å²) >= 11 is 0. The van der Waals surface area contributed by atoms with Crippen molar-refractivity contribution in [3.05, 3.63) is 29.3 Å². The lowest BCUT2D eigenvalue weighted by molar-refractivity contribution is 0.111. The second-order valence-corrected chi connectivity index (χ2v) is 3.88. The van der Waals surface area contributed by atoms with Crippen molar-refractivity contribution in [1.29, 1.82) is 0 Å². The first-order chi connectivity index (χ1) is 7.17. The highest BCUT2D eigenvalue weighted by Gasteiger charge is 2.07. The summed E-state index contributed by atoms with van der Waals surface area (Å²) in [4.78, 5) is 10.8. The number of aryl methyl sites for hydroxylation is 1. The van der Waals surface area contributed by atoms with Crippen LogP contribution in [0, 0.1) is 6.92 Å². The molecule has 0 aromatic heterocycles. The van der Waals surface area contributed by atoms with E-state index >= 15 is 0 Å². The van der Waals surface area contributed by atoms with Crippen LogP contribution in [0.2, 0.25) is 0 Å². The van der Waals surface area contributed by atoms with Gasteiger partial charge >= 0.3 is 0 Å². The van der Waals surface area contributed by atoms with Crippen molar-refractivity contribution in [1.82, 2.24) is 0 Å². The molecule has 2 nitrogen and oxygen atoms in total. The van der Waals surface area contributed by atoms with Crippen molar-refractivity contribution in [2.75, 3.05) is 0 Å². The van der Waals surface area contributed by atoms with Crippen LogP contribution >= 0.6 is 0 Å². The van der Waals surface area contributed by atoms with Crippen molar-refractivity contribution in [3.8, 4) is 5.75 Å². The van der Waals surface area contributed by atoms with E-state index < -0.39 is 0 Å². The molecule has 82 valence electrons. The van der Waals surface area contributed by atoms with Crippen LogP contribution in [0.1, 0.15) is 42.6 Å². The van der Waals surface area contributed by atoms with E-state index in [4.69, 9.17) is 4.74 Å². The fourth-order valence-electron chi connectivity index (χ4n) is 1.55. The maximum absolute atomic E-state index is 10.8. The van der Waals surface area contributed by atoms with Crippen molar-refractivity contribution >= 4 is 6.29 Å². The number of hydrogen-bond donors (Lipinski definition) is 0. The Labute approximate surface area is 91.3 Å². The van der Waals surface area contributed by atoms with Gasteiger partial charge < -0.3 is 4.74 Å². The van der Waals surface area contributed by atoms with Crippen LogP contribution in [0.3, 0.4) is 0 Å². The van der Waals surface area contributed by atoms with Gasteiger partial charge in [-0.3, -0.25) is 4.79 Å². The lowest BCUT2D eigenvalue weighted by Gasteiger charge is -2.15. The Hall–Kier alpha value is -1.31. The molecule has 1 aromatic rings. The van der Waals surface area contributed by atoms with Crippen LogP contribution in [0.4, 0.5) is 0 Å². The molecule has 0 fully saturated rings. The number of carbonyl (C=O) groups is 1. The van der Waals surface area contributed by atoms with Crippen LogP contribution in [0.5, 0.6) is 5.75 Å². The van der Waals surface area contributed by atoms with Gasteiger partial charge in [-0.15, -0.1) is 0 Å². The molecule has 0 aliphatic heterocycles. The van der Waals surface area contributed by atoms with Gasteiger partial charge in [0.25, 0.3) is 0 Å². The van der Waals surface area contributed by atoms with Gasteiger partial charge in [0.2, 0.25) is 0 Å². The van der Waals surface area contributed by atoms with E-state index in [2.05, 4.69) is 6.92 Å². The van der Waals surface area contributed by atoms with E-state index in [0.29, 0.717) is 11.3 Å². The molecule has 0 amide bonds. The summed E-state index contributed by atoms with van der Waals surface area (Å²) in [6, 6.07) is 5.67. The third-order valence-electron chi connectivity index (χ3n) is 2.32. The fourth-order valence-corrected chi connectivity index (χ4v) is 1.55. The largest absolute Gasteiger partial charge is 0.490 e. The van der Waals surface area contributed by atoms with Gasteiger partial charge in [0.05, 0.1) is 11.7 Å². The highest BCUT2D eigenvalue weighted by molar-refractivity contribution is 5.79. The Morgan fingerprint density at radius 3 is 2.80 bits per heavy atom. The van der Waals surface area contributed by atoms with Crippen LogP contribution in [-0.2, 0) is 0 Å². The van der Waals surface area contributed by atoms with E-state index in [-0.39, 0.29) is 6.10 Å². The molecule has 0 saturated carbocycles. The lowest BCUT2D eigenvalue weighted by atomic mass is 10.1. The van der Waals surface area contributed by atoms with Gasteiger partial charge in [-0.25, -0.2) is 0 Å². The van der Waals surface area contributed by atoms with Crippen LogP contribution in [0.15, 0.2) is 18.2 Å². The molecule has 2 heteroatoms. The van der Waals surface area contributed by atoms with E-state index in [1.165, 1.54) is 0 Å². The Kier molecular flexibility index (Phi) is 4.35. The van der Waals surface area contributed by atoms with Gasteiger partial charge in [0.1, 0.15) is 5.75 Å². The average Bonchev–Trinajstić information content (AvgIpc) is 2.21. The first kappa shape index (κ1) is 11.8. The maximum atomic E-state index is 10.8. The number of benzene rings is 1. The molecule has 1 rings (SSSR count). The summed E-state index contributed by atoms with van der Waals surface area (Å²) in [6.07, 6.45) is 3.10. The van der Waals surface area contributed by atoms with E-state index in [9.17, 15) is 4.79 Å². The smallest absolute Gasteiger partial charge is 0.153 e. The first-order valence-corrected chi connectivity index (χ1v) is 5.39. The van der Waals surface area contributed by atoms with Gasteiger partial charge in [0, 0.05) is 0 Å². The molecule has 15 heavy (non-hydrogen) atoms. The summed E-state index contributed by atoms with van der Waals surface area (Å²) in [7, 11) is 0. The Bertz CT molecular complexity index is 331. The predicted octanol–water partition coefficient (Wildman–Crippen LogP) is 3.37. The molecular formula is C13H18O2. The predicted molar refractivity (Wildman–Crippen MR) is 61.6 cm³/mol. The third-order valence-corrected chi connectivity index (χ3v) is 2.32. The van der Waals surface area contributed by atoms with Crippen LogP contribution in [0.25, 0.3) is 0 Å². The van der Waals surface area contributed by atoms with Crippen LogP contribution in [-0.4, -0.2) is 12.4 Å². The molecule has 0 aliphatic rings. The monoisotopic (exact) mass is 206 g/mol. The zero-order chi connectivity index (χ0) is 11.3. The number of ether oxygens (including phenoxy) is 1. The molecule has 1 unspecified atom stereocenters. The molecule has 0 spiro atoms. The van der Waals surface area contributed by atoms with E-state index in [1.54, 1.807) is 0 Å². The van der Waals surface area contributed by atoms with Crippen molar-refractivity contribution < 1.29 is 9.53 Å². The summed E-state index contributed by atoms with van der Waals surface area (Å²) in [6.45, 7) is 6.11. The minimum absolute atomic E-state index is 0.163. The summed E-state index contributed by atoms with van der Waals surface area (Å²) < 4.78 is 5.70. The van der Waals surface area contributed by atoms with Crippen molar-refractivity contribution in [2.45, 2.75) is 39.7 Å². The third kappa shape index (κ3) is 3.39. The van der Waals surface area contributed by atoms with E-state index in [1.807, 2.05) is 32.0 Å². The molecule has 0 radical (unpaired) electrons. The van der Waals surface area contributed by atoms with Gasteiger partial charge in [-0.05, 0) is 32.4 Å². The van der Waals surface area contributed by atoms with Gasteiger partial charge in [0.15, 0.2) is 6.29 Å². The molecule has 0 saturated heterocycles. The minimum atomic E-state index is 0.163. The molecule has 0 N–H and O–H groups in total. The number of rotatable bonds is 5. The zero-order valence-electron chi connectivity index (χ0n) is 9.62. The Morgan fingerprint density at radius 1 is 1.47 bits per heavy atom. The highest BCUT2D eigenvalue weighted by atomic mass is 16.5. The Morgan fingerprint density at radius 2 is 2.20 bits per heavy atom. The summed E-state index contributed by atoms with van der Waals surface area (Å²) in [5.41, 5.74) is 1.71. The number of carbonyl (C=O) groups excluding carboxylic acids is 1. The van der Waals surface area contributed by atoms with Gasteiger partial charge in [-0.1, -0.05) is 25.0 Å². The summed E-state index contributed by atoms with van der Waals surface area (Å²) in [5, 5.41) is 0. The maximum Gasteiger partial charge on any atom is 0.153 e. The topological polar surface area (TPSA) is 26.3 Å². The highest BCUT2D eigenvalue weighted by Crippen LogP contribution is 2.20. The van der Waals surface area contributed by atoms with Crippen molar-refractivity contribution in [2.24, 2.45) is 0 Å². The minimum Gasteiger partial charge on any atom is -0.490 e. The molecule has 0 aliphatic carbocycles. The fraction of sp³-hybridized carbons (Fsp3) is 0.462.